The molecule has 1 aliphatic carbocycles. The highest BCUT2D eigenvalue weighted by Crippen LogP contribution is 2.44. The third-order valence-electron chi connectivity index (χ3n) is 6.93. The number of allylic oxidation sites excluding steroid dienone is 1. The molecule has 0 saturated heterocycles. The van der Waals surface area contributed by atoms with Crippen molar-refractivity contribution in [3.8, 4) is 11.5 Å². The normalized spacial score (nSPS) is 20.1. The fraction of sp³-hybridized carbons (Fsp3) is 0.226. The van der Waals surface area contributed by atoms with Gasteiger partial charge in [-0.15, -0.1) is 0 Å². The van der Waals surface area contributed by atoms with Crippen LogP contribution in [0.15, 0.2) is 89.5 Å². The van der Waals surface area contributed by atoms with Gasteiger partial charge in [0.15, 0.2) is 0 Å². The summed E-state index contributed by atoms with van der Waals surface area (Å²) in [7, 11) is 3.32. The quantitative estimate of drug-likeness (QED) is 0.328. The average Bonchev–Trinajstić information content (AvgIpc) is 3.34. The van der Waals surface area contributed by atoms with Gasteiger partial charge in [0.2, 0.25) is 0 Å². The molecule has 0 N–H and O–H groups in total. The van der Waals surface area contributed by atoms with Gasteiger partial charge in [-0.05, 0) is 90.1 Å². The minimum atomic E-state index is -0.178. The lowest BCUT2D eigenvalue weighted by molar-refractivity contribution is -0.128. The zero-order valence-electron chi connectivity index (χ0n) is 20.9. The van der Waals surface area contributed by atoms with Crippen molar-refractivity contribution in [2.45, 2.75) is 25.3 Å². The molecule has 3 aromatic carbocycles. The van der Waals surface area contributed by atoms with E-state index in [0.29, 0.717) is 5.02 Å². The summed E-state index contributed by atoms with van der Waals surface area (Å²) in [5, 5.41) is 7.27. The first kappa shape index (κ1) is 24.8. The number of nitrogens with zero attached hydrogens (tertiary/aromatic N) is 2. The number of rotatable bonds is 6. The van der Waals surface area contributed by atoms with Gasteiger partial charge in [0.05, 0.1) is 26.0 Å². The van der Waals surface area contributed by atoms with Crippen molar-refractivity contribution in [3.05, 3.63) is 106 Å². The van der Waals surface area contributed by atoms with Gasteiger partial charge in [-0.1, -0.05) is 48.0 Å². The van der Waals surface area contributed by atoms with Crippen molar-refractivity contribution < 1.29 is 14.3 Å². The third-order valence-corrected chi connectivity index (χ3v) is 7.18. The summed E-state index contributed by atoms with van der Waals surface area (Å²) in [5.41, 5.74) is 5.21. The number of halogens is 1. The molecular formula is C31H29ClN2O3. The predicted octanol–water partition coefficient (Wildman–Crippen LogP) is 7.19. The van der Waals surface area contributed by atoms with Crippen LogP contribution in [-0.2, 0) is 4.79 Å². The van der Waals surface area contributed by atoms with Gasteiger partial charge in [0.1, 0.15) is 11.5 Å². The second-order valence-electron chi connectivity index (χ2n) is 9.21. The molecule has 1 heterocycles. The molecule has 0 unspecified atom stereocenters. The molecule has 1 amide bonds. The number of methoxy groups -OCH3 is 2. The molecule has 0 aromatic heterocycles. The Labute approximate surface area is 222 Å². The summed E-state index contributed by atoms with van der Waals surface area (Å²) in [5.74, 6) is 1.58. The van der Waals surface area contributed by atoms with E-state index >= 15 is 0 Å². The maximum absolute atomic E-state index is 13.5. The van der Waals surface area contributed by atoms with E-state index in [1.807, 2.05) is 72.8 Å². The van der Waals surface area contributed by atoms with Crippen molar-refractivity contribution >= 4 is 35.4 Å². The lowest BCUT2D eigenvalue weighted by Gasteiger charge is -2.29. The molecule has 0 spiro atoms. The molecule has 1 aliphatic heterocycles. The number of hydrazone groups is 1. The Bertz CT molecular complexity index is 1340. The molecule has 2 atom stereocenters. The second kappa shape index (κ2) is 11.1. The van der Waals surface area contributed by atoms with Crippen molar-refractivity contribution in [2.75, 3.05) is 14.2 Å². The molecule has 5 rings (SSSR count). The highest BCUT2D eigenvalue weighted by Gasteiger charge is 2.43. The minimum absolute atomic E-state index is 0.125. The Kier molecular flexibility index (Phi) is 7.42. The SMILES string of the molecule is COc1ccc(/C=C2\CCC[C@H]3C2=NN(C(=O)/C=C/c2ccc(Cl)cc2)[C@@H]3c2ccc(OC)cc2)cc1. The van der Waals surface area contributed by atoms with Crippen molar-refractivity contribution in [3.63, 3.8) is 0 Å². The lowest BCUT2D eigenvalue weighted by Crippen LogP contribution is -2.30. The highest BCUT2D eigenvalue weighted by molar-refractivity contribution is 6.30. The van der Waals surface area contributed by atoms with Crippen molar-refractivity contribution in [1.82, 2.24) is 5.01 Å². The molecule has 2 aliphatic rings. The zero-order valence-corrected chi connectivity index (χ0v) is 21.7. The molecule has 188 valence electrons. The van der Waals surface area contributed by atoms with E-state index in [2.05, 4.69) is 6.08 Å². The van der Waals surface area contributed by atoms with Crippen LogP contribution in [0.3, 0.4) is 0 Å². The first-order valence-electron chi connectivity index (χ1n) is 12.4. The molecule has 0 bridgehead atoms. The molecule has 3 aromatic rings. The average molecular weight is 513 g/mol. The third kappa shape index (κ3) is 5.47. The minimum Gasteiger partial charge on any atom is -0.497 e. The van der Waals surface area contributed by atoms with Crippen molar-refractivity contribution in [1.29, 1.82) is 0 Å². The molecule has 0 radical (unpaired) electrons. The van der Waals surface area contributed by atoms with Crippen LogP contribution in [0.5, 0.6) is 11.5 Å². The maximum Gasteiger partial charge on any atom is 0.267 e. The van der Waals surface area contributed by atoms with Crippen molar-refractivity contribution in [2.24, 2.45) is 11.0 Å². The number of carbonyl (C=O) groups is 1. The zero-order chi connectivity index (χ0) is 25.8. The van der Waals surface area contributed by atoms with E-state index in [1.165, 1.54) is 5.57 Å². The number of hydrogen-bond donors (Lipinski definition) is 0. The van der Waals surface area contributed by atoms with E-state index in [4.69, 9.17) is 26.2 Å². The smallest absolute Gasteiger partial charge is 0.267 e. The van der Waals surface area contributed by atoms with Gasteiger partial charge in [0.25, 0.3) is 5.91 Å². The largest absolute Gasteiger partial charge is 0.497 e. The van der Waals surface area contributed by atoms with E-state index in [0.717, 1.165) is 53.2 Å². The van der Waals surface area contributed by atoms with E-state index in [-0.39, 0.29) is 17.9 Å². The summed E-state index contributed by atoms with van der Waals surface area (Å²) < 4.78 is 10.7. The van der Waals surface area contributed by atoms with Crippen LogP contribution < -0.4 is 9.47 Å². The number of amides is 1. The predicted molar refractivity (Wildman–Crippen MR) is 149 cm³/mol. The summed E-state index contributed by atoms with van der Waals surface area (Å²) in [6, 6.07) is 23.2. The van der Waals surface area contributed by atoms with Gasteiger partial charge in [-0.3, -0.25) is 4.79 Å². The number of hydrogen-bond acceptors (Lipinski definition) is 4. The molecule has 5 nitrogen and oxygen atoms in total. The van der Waals surface area contributed by atoms with Crippen LogP contribution in [0, 0.1) is 5.92 Å². The molecular weight excluding hydrogens is 484 g/mol. The van der Waals surface area contributed by atoms with Crippen LogP contribution in [0.4, 0.5) is 0 Å². The van der Waals surface area contributed by atoms with Crippen LogP contribution in [0.2, 0.25) is 5.02 Å². The highest BCUT2D eigenvalue weighted by atomic mass is 35.5. The Morgan fingerprint density at radius 3 is 2.19 bits per heavy atom. The fourth-order valence-corrected chi connectivity index (χ4v) is 5.16. The van der Waals surface area contributed by atoms with Crippen LogP contribution in [-0.4, -0.2) is 30.8 Å². The maximum atomic E-state index is 13.5. The molecule has 37 heavy (non-hydrogen) atoms. The van der Waals surface area contributed by atoms with Gasteiger partial charge in [-0.25, -0.2) is 5.01 Å². The van der Waals surface area contributed by atoms with E-state index in [1.54, 1.807) is 31.4 Å². The van der Waals surface area contributed by atoms with Crippen LogP contribution in [0.1, 0.15) is 42.0 Å². The van der Waals surface area contributed by atoms with Gasteiger partial charge < -0.3 is 9.47 Å². The Balaban J connectivity index is 1.49. The molecule has 1 saturated carbocycles. The summed E-state index contributed by atoms with van der Waals surface area (Å²) in [6.07, 6.45) is 8.53. The first-order chi connectivity index (χ1) is 18.1. The number of fused-ring (bicyclic) bond motifs is 1. The molecule has 6 heteroatoms. The summed E-state index contributed by atoms with van der Waals surface area (Å²) in [4.78, 5) is 13.5. The topological polar surface area (TPSA) is 51.1 Å². The molecule has 1 fully saturated rings. The van der Waals surface area contributed by atoms with E-state index < -0.39 is 0 Å². The monoisotopic (exact) mass is 512 g/mol. The first-order valence-corrected chi connectivity index (χ1v) is 12.8. The van der Waals surface area contributed by atoms with Crippen LogP contribution >= 0.6 is 11.6 Å². The second-order valence-corrected chi connectivity index (χ2v) is 9.65. The number of ether oxygens (including phenoxy) is 2. The van der Waals surface area contributed by atoms with Gasteiger partial charge in [0, 0.05) is 17.0 Å². The Morgan fingerprint density at radius 1 is 0.919 bits per heavy atom. The summed E-state index contributed by atoms with van der Waals surface area (Å²) in [6.45, 7) is 0. The Morgan fingerprint density at radius 2 is 1.54 bits per heavy atom. The van der Waals surface area contributed by atoms with E-state index in [9.17, 15) is 4.79 Å². The Hall–Kier alpha value is -3.83. The fourth-order valence-electron chi connectivity index (χ4n) is 5.04. The van der Waals surface area contributed by atoms with Crippen LogP contribution in [0.25, 0.3) is 12.2 Å². The number of carbonyl (C=O) groups excluding carboxylic acids is 1. The number of benzene rings is 3. The van der Waals surface area contributed by atoms with Gasteiger partial charge >= 0.3 is 0 Å². The van der Waals surface area contributed by atoms with Gasteiger partial charge in [-0.2, -0.15) is 5.10 Å². The lowest BCUT2D eigenvalue weighted by atomic mass is 9.77. The standard InChI is InChI=1S/C31H29ClN2O3/c1-36-26-15-8-22(9-16-26)20-24-4-3-5-28-30(24)33-34(31(28)23-11-17-27(37-2)18-12-23)29(35)19-10-21-6-13-25(32)14-7-21/h6-20,28,31H,3-5H2,1-2H3/b19-10+,24-20+/t28-,31+/m0/s1. The summed E-state index contributed by atoms with van der Waals surface area (Å²) >= 11 is 6.01.